The first-order valence-electron chi connectivity index (χ1n) is 15.8. The molecule has 0 fully saturated rings. The molecule has 0 unspecified atom stereocenters. The SMILES string of the molecule is [C-]#[N+]/N=c1\c2cc(-c3cccc(C(F)(F)F)c3)ccc2c2cc3c(=NC#N)c4cc(-c5cccc(C(F)(F)F)c5)ccc4c3c(-c3ccccc3)c12. The first-order chi connectivity index (χ1) is 25.0. The summed E-state index contributed by atoms with van der Waals surface area (Å²) in [5.41, 5.74) is 1.58. The van der Waals surface area contributed by atoms with Crippen LogP contribution in [-0.4, -0.2) is 0 Å². The number of nitriles is 1. The van der Waals surface area contributed by atoms with Crippen molar-refractivity contribution < 1.29 is 26.3 Å². The Bertz CT molecular complexity index is 2890. The fourth-order valence-electron chi connectivity index (χ4n) is 7.15. The predicted octanol–water partition coefficient (Wildman–Crippen LogP) is 11.3. The second-order valence-corrected chi connectivity index (χ2v) is 12.2. The molecule has 250 valence electrons. The standard InChI is InChI=1S/C42H20F6N4/c1-50-52-40-33-19-26(24-9-5-11-28(17-24)41(43,44)45)13-15-30(33)32-21-35-37(36(38(32)40)23-7-3-2-4-8-23)31-16-14-27(20-34(31)39(35)51-22-49)25-10-6-12-29(18-25)42(46,47)48/h2-21H/b51-39?,52-40+. The zero-order chi connectivity index (χ0) is 36.4. The highest BCUT2D eigenvalue weighted by molar-refractivity contribution is 6.29. The number of benzene rings is 6. The molecule has 8 aromatic rings. The average Bonchev–Trinajstić information content (AvgIpc) is 3.62. The summed E-state index contributed by atoms with van der Waals surface area (Å²) in [5.74, 6) is 0. The van der Waals surface area contributed by atoms with Crippen molar-refractivity contribution in [3.8, 4) is 39.6 Å². The first kappa shape index (κ1) is 32.4. The maximum absolute atomic E-state index is 13.6. The summed E-state index contributed by atoms with van der Waals surface area (Å²) in [5, 5.41) is 19.9. The molecule has 4 nitrogen and oxygen atoms in total. The Morgan fingerprint density at radius 1 is 0.500 bits per heavy atom. The fraction of sp³-hybridized carbons (Fsp3) is 0.0476. The Labute approximate surface area is 291 Å². The Kier molecular flexibility index (Phi) is 7.44. The van der Waals surface area contributed by atoms with Gasteiger partial charge in [0.2, 0.25) is 6.19 Å². The Morgan fingerprint density at radius 2 is 1.04 bits per heavy atom. The minimum absolute atomic E-state index is 0.332. The average molecular weight is 695 g/mol. The van der Waals surface area contributed by atoms with E-state index >= 15 is 0 Å². The third-order valence-electron chi connectivity index (χ3n) is 9.35. The van der Waals surface area contributed by atoms with E-state index in [1.54, 1.807) is 48.5 Å². The molecule has 0 radical (unpaired) electrons. The van der Waals surface area contributed by atoms with E-state index in [0.717, 1.165) is 29.8 Å². The molecule has 8 aromatic carbocycles. The van der Waals surface area contributed by atoms with Gasteiger partial charge in [0.1, 0.15) is 0 Å². The topological polar surface area (TPSA) is 52.9 Å². The highest BCUT2D eigenvalue weighted by Gasteiger charge is 2.31. The van der Waals surface area contributed by atoms with Gasteiger partial charge in [-0.2, -0.15) is 43.2 Å². The van der Waals surface area contributed by atoms with E-state index in [0.29, 0.717) is 81.6 Å². The molecule has 0 N–H and O–H groups in total. The second-order valence-electron chi connectivity index (χ2n) is 12.2. The van der Waals surface area contributed by atoms with E-state index in [1.165, 1.54) is 12.1 Å². The molecule has 0 aliphatic heterocycles. The van der Waals surface area contributed by atoms with E-state index in [1.807, 2.05) is 42.6 Å². The number of rotatable bonds is 3. The summed E-state index contributed by atoms with van der Waals surface area (Å²) < 4.78 is 81.6. The molecule has 0 heterocycles. The van der Waals surface area contributed by atoms with E-state index < -0.39 is 23.5 Å². The lowest BCUT2D eigenvalue weighted by molar-refractivity contribution is -0.138. The van der Waals surface area contributed by atoms with Crippen molar-refractivity contribution in [2.45, 2.75) is 12.4 Å². The largest absolute Gasteiger partial charge is 0.416 e. The molecule has 0 spiro atoms. The lowest BCUT2D eigenvalue weighted by Gasteiger charge is -2.10. The van der Waals surface area contributed by atoms with Crippen molar-refractivity contribution in [2.24, 2.45) is 10.1 Å². The van der Waals surface area contributed by atoms with Crippen molar-refractivity contribution in [2.75, 3.05) is 0 Å². The molecule has 0 atom stereocenters. The van der Waals surface area contributed by atoms with Gasteiger partial charge in [-0.05, 0) is 86.4 Å². The van der Waals surface area contributed by atoms with Crippen LogP contribution in [0.4, 0.5) is 26.3 Å². The number of halogens is 6. The fourth-order valence-corrected chi connectivity index (χ4v) is 7.15. The number of hydrogen-bond donors (Lipinski definition) is 0. The van der Waals surface area contributed by atoms with Crippen molar-refractivity contribution >= 4 is 43.1 Å². The van der Waals surface area contributed by atoms with Crippen molar-refractivity contribution in [1.82, 2.24) is 0 Å². The summed E-state index contributed by atoms with van der Waals surface area (Å²) >= 11 is 0. The number of hydrogen-bond acceptors (Lipinski definition) is 3. The highest BCUT2D eigenvalue weighted by atomic mass is 19.4. The number of alkyl halides is 6. The van der Waals surface area contributed by atoms with Gasteiger partial charge in [-0.3, -0.25) is 0 Å². The van der Waals surface area contributed by atoms with Crippen LogP contribution in [0.25, 0.3) is 81.4 Å². The normalized spacial score (nSPS) is 13.0. The monoisotopic (exact) mass is 694 g/mol. The first-order valence-corrected chi connectivity index (χ1v) is 15.8. The van der Waals surface area contributed by atoms with Crippen molar-refractivity contribution in [3.63, 3.8) is 0 Å². The molecule has 0 aliphatic carbocycles. The molecule has 52 heavy (non-hydrogen) atoms. The van der Waals surface area contributed by atoms with Crippen LogP contribution in [0.1, 0.15) is 11.1 Å². The summed E-state index contributed by atoms with van der Waals surface area (Å²) in [4.78, 5) is 7.62. The summed E-state index contributed by atoms with van der Waals surface area (Å²) in [6.45, 7) is 7.74. The minimum atomic E-state index is -4.53. The molecule has 0 bridgehead atoms. The van der Waals surface area contributed by atoms with Gasteiger partial charge in [-0.25, -0.2) is 0 Å². The van der Waals surface area contributed by atoms with Gasteiger partial charge in [0.15, 0.2) is 5.36 Å². The van der Waals surface area contributed by atoms with E-state index in [-0.39, 0.29) is 0 Å². The van der Waals surface area contributed by atoms with Gasteiger partial charge in [-0.15, -0.1) is 4.95 Å². The minimum Gasteiger partial charge on any atom is -0.181 e. The number of nitrogens with zero attached hydrogens (tertiary/aromatic N) is 4. The van der Waals surface area contributed by atoms with Crippen LogP contribution in [0.15, 0.2) is 131 Å². The summed E-state index contributed by atoms with van der Waals surface area (Å²) in [6, 6.07) is 31.7. The van der Waals surface area contributed by atoms with Crippen LogP contribution in [0.2, 0.25) is 0 Å². The van der Waals surface area contributed by atoms with Crippen LogP contribution in [-0.2, 0) is 12.4 Å². The van der Waals surface area contributed by atoms with Gasteiger partial charge < -0.3 is 0 Å². The van der Waals surface area contributed by atoms with Crippen LogP contribution in [0.3, 0.4) is 0 Å². The molecule has 0 aliphatic rings. The zero-order valence-electron chi connectivity index (χ0n) is 26.6. The highest BCUT2D eigenvalue weighted by Crippen LogP contribution is 2.43. The van der Waals surface area contributed by atoms with Gasteiger partial charge in [0.05, 0.1) is 21.6 Å². The molecule has 0 saturated heterocycles. The Balaban J connectivity index is 1.49. The maximum atomic E-state index is 13.6. The maximum Gasteiger partial charge on any atom is 0.416 e. The zero-order valence-corrected chi connectivity index (χ0v) is 26.6. The Hall–Kier alpha value is -6.78. The van der Waals surface area contributed by atoms with Crippen LogP contribution in [0, 0.1) is 18.0 Å². The lowest BCUT2D eigenvalue weighted by atomic mass is 9.94. The van der Waals surface area contributed by atoms with Crippen molar-refractivity contribution in [3.05, 3.63) is 155 Å². The molecule has 0 aromatic heterocycles. The van der Waals surface area contributed by atoms with E-state index in [2.05, 4.69) is 15.0 Å². The second kappa shape index (κ2) is 11.9. The smallest absolute Gasteiger partial charge is 0.181 e. The summed E-state index contributed by atoms with van der Waals surface area (Å²) in [6.07, 6.45) is -7.17. The van der Waals surface area contributed by atoms with Crippen LogP contribution < -0.4 is 10.7 Å². The van der Waals surface area contributed by atoms with E-state index in [4.69, 9.17) is 6.57 Å². The van der Waals surface area contributed by atoms with Gasteiger partial charge in [0, 0.05) is 32.5 Å². The Morgan fingerprint density at radius 3 is 1.60 bits per heavy atom. The molecule has 0 saturated carbocycles. The quantitative estimate of drug-likeness (QED) is 0.0786. The molecular formula is C42H20F6N4. The molecule has 8 rings (SSSR count). The lowest BCUT2D eigenvalue weighted by Crippen LogP contribution is -2.04. The molecule has 0 amide bonds. The van der Waals surface area contributed by atoms with Crippen LogP contribution in [0.5, 0.6) is 0 Å². The molecular weight excluding hydrogens is 674 g/mol. The summed E-state index contributed by atoms with van der Waals surface area (Å²) in [7, 11) is 0. The van der Waals surface area contributed by atoms with Crippen molar-refractivity contribution in [1.29, 1.82) is 5.26 Å². The third kappa shape index (κ3) is 5.24. The molecule has 10 heteroatoms. The predicted molar refractivity (Wildman–Crippen MR) is 188 cm³/mol. The van der Waals surface area contributed by atoms with Crippen LogP contribution >= 0.6 is 0 Å². The van der Waals surface area contributed by atoms with E-state index in [9.17, 15) is 31.6 Å². The van der Waals surface area contributed by atoms with Gasteiger partial charge in [-0.1, -0.05) is 78.9 Å². The van der Waals surface area contributed by atoms with Gasteiger partial charge >= 0.3 is 12.4 Å². The third-order valence-corrected chi connectivity index (χ3v) is 9.35. The van der Waals surface area contributed by atoms with Gasteiger partial charge in [0.25, 0.3) is 0 Å². The number of fused-ring (bicyclic) bond motifs is 6.